The zero-order chi connectivity index (χ0) is 21.9. The number of aromatic nitrogens is 4. The van der Waals surface area contributed by atoms with E-state index in [9.17, 15) is 4.79 Å². The first-order chi connectivity index (χ1) is 15.6. The van der Waals surface area contributed by atoms with Crippen molar-refractivity contribution in [2.24, 2.45) is 11.1 Å². The second-order valence-corrected chi connectivity index (χ2v) is 9.76. The summed E-state index contributed by atoms with van der Waals surface area (Å²) < 4.78 is 0. The van der Waals surface area contributed by atoms with Crippen molar-refractivity contribution in [3.63, 3.8) is 0 Å². The maximum Gasteiger partial charge on any atom is 0.262 e. The van der Waals surface area contributed by atoms with Crippen LogP contribution in [0.3, 0.4) is 0 Å². The minimum Gasteiger partial charge on any atom is -0.345 e. The molecule has 4 aromatic rings. The lowest BCUT2D eigenvalue weighted by atomic mass is 9.74. The molecule has 32 heavy (non-hydrogen) atoms. The predicted octanol–water partition coefficient (Wildman–Crippen LogP) is 3.61. The first-order valence-corrected chi connectivity index (χ1v) is 11.7. The van der Waals surface area contributed by atoms with Crippen LogP contribution in [0.25, 0.3) is 16.6 Å². The average molecular weight is 445 g/mol. The Hall–Kier alpha value is -3.23. The van der Waals surface area contributed by atoms with Crippen molar-refractivity contribution in [1.82, 2.24) is 19.9 Å². The van der Waals surface area contributed by atoms with Gasteiger partial charge in [0.05, 0.1) is 22.6 Å². The van der Waals surface area contributed by atoms with Crippen LogP contribution in [0.15, 0.2) is 53.4 Å². The van der Waals surface area contributed by atoms with Crippen LogP contribution in [0, 0.1) is 5.41 Å². The van der Waals surface area contributed by atoms with E-state index < -0.39 is 0 Å². The summed E-state index contributed by atoms with van der Waals surface area (Å²) in [6, 6.07) is 9.86. The zero-order valence-corrected chi connectivity index (χ0v) is 18.4. The van der Waals surface area contributed by atoms with Crippen molar-refractivity contribution >= 4 is 33.9 Å². The second kappa shape index (κ2) is 7.15. The molecule has 1 aliphatic heterocycles. The predicted molar refractivity (Wildman–Crippen MR) is 128 cm³/mol. The van der Waals surface area contributed by atoms with Gasteiger partial charge in [0.25, 0.3) is 5.56 Å². The van der Waals surface area contributed by atoms with Crippen LogP contribution >= 0.6 is 11.3 Å². The highest BCUT2D eigenvalue weighted by molar-refractivity contribution is 7.09. The molecule has 8 heteroatoms. The summed E-state index contributed by atoms with van der Waals surface area (Å²) in [5, 5.41) is 0.546. The van der Waals surface area contributed by atoms with Gasteiger partial charge in [0, 0.05) is 29.7 Å². The monoisotopic (exact) mass is 444 g/mol. The number of hydrogen-bond acceptors (Lipinski definition) is 6. The normalized spacial score (nSPS) is 19.5. The highest BCUT2D eigenvalue weighted by Gasteiger charge is 2.47. The molecule has 1 saturated heterocycles. The maximum absolute atomic E-state index is 13.1. The van der Waals surface area contributed by atoms with E-state index in [-0.39, 0.29) is 17.0 Å². The van der Waals surface area contributed by atoms with Gasteiger partial charge in [-0.1, -0.05) is 36.9 Å². The number of rotatable bonds is 3. The van der Waals surface area contributed by atoms with Crippen molar-refractivity contribution in [1.29, 1.82) is 0 Å². The van der Waals surface area contributed by atoms with Gasteiger partial charge in [-0.2, -0.15) is 4.98 Å². The van der Waals surface area contributed by atoms with Gasteiger partial charge in [0.15, 0.2) is 0 Å². The number of thiazole rings is 1. The molecule has 1 fully saturated rings. The van der Waals surface area contributed by atoms with E-state index in [0.29, 0.717) is 17.0 Å². The molecule has 0 saturated carbocycles. The summed E-state index contributed by atoms with van der Waals surface area (Å²) in [4.78, 5) is 32.0. The van der Waals surface area contributed by atoms with Crippen LogP contribution in [0.1, 0.15) is 40.6 Å². The summed E-state index contributed by atoms with van der Waals surface area (Å²) in [5.74, 6) is 0.607. The second-order valence-electron chi connectivity index (χ2n) is 8.82. The van der Waals surface area contributed by atoms with Gasteiger partial charge in [-0.05, 0) is 35.8 Å². The minimum absolute atomic E-state index is 0.00430. The molecule has 0 unspecified atom stereocenters. The number of fused-ring (bicyclic) bond motifs is 2. The highest BCUT2D eigenvalue weighted by atomic mass is 32.1. The van der Waals surface area contributed by atoms with Gasteiger partial charge >= 0.3 is 0 Å². The Morgan fingerprint density at radius 1 is 1.25 bits per heavy atom. The van der Waals surface area contributed by atoms with E-state index in [1.165, 1.54) is 4.88 Å². The first kappa shape index (κ1) is 19.5. The summed E-state index contributed by atoms with van der Waals surface area (Å²) in [6.45, 7) is 5.82. The molecule has 1 spiro atoms. The number of anilines is 1. The van der Waals surface area contributed by atoms with E-state index in [0.717, 1.165) is 54.7 Å². The lowest BCUT2D eigenvalue weighted by Crippen LogP contribution is -2.45. The van der Waals surface area contributed by atoms with E-state index in [4.69, 9.17) is 10.7 Å². The van der Waals surface area contributed by atoms with Crippen molar-refractivity contribution < 1.29 is 0 Å². The quantitative estimate of drug-likeness (QED) is 0.448. The minimum atomic E-state index is -0.150. The Kier molecular flexibility index (Phi) is 4.34. The molecular weight excluding hydrogens is 420 g/mol. The van der Waals surface area contributed by atoms with Gasteiger partial charge in [-0.25, -0.2) is 4.98 Å². The SMILES string of the molecule is C=C(c1ccccc1)c1c[nH]c2nc(N3CCC4(CC3)Cc3scnc3[C@H]4N)[nH]c(=O)c12. The third-order valence-electron chi connectivity index (χ3n) is 7.17. The van der Waals surface area contributed by atoms with E-state index in [1.54, 1.807) is 11.3 Å². The Morgan fingerprint density at radius 2 is 2.03 bits per heavy atom. The Balaban J connectivity index is 1.26. The number of nitrogens with zero attached hydrogens (tertiary/aromatic N) is 3. The lowest BCUT2D eigenvalue weighted by Gasteiger charge is -2.42. The Labute approximate surface area is 189 Å². The average Bonchev–Trinajstić information content (AvgIpc) is 3.51. The molecule has 162 valence electrons. The molecule has 4 heterocycles. The summed E-state index contributed by atoms with van der Waals surface area (Å²) >= 11 is 1.71. The Morgan fingerprint density at radius 3 is 2.78 bits per heavy atom. The summed E-state index contributed by atoms with van der Waals surface area (Å²) in [6.07, 6.45) is 4.74. The van der Waals surface area contributed by atoms with Crippen LogP contribution in [-0.4, -0.2) is 33.0 Å². The number of piperidine rings is 1. The molecule has 0 radical (unpaired) electrons. The molecule has 1 aliphatic carbocycles. The molecule has 1 atom stereocenters. The highest BCUT2D eigenvalue weighted by Crippen LogP contribution is 2.51. The number of nitrogens with one attached hydrogen (secondary N) is 2. The fourth-order valence-corrected chi connectivity index (χ4v) is 6.21. The molecule has 7 nitrogen and oxygen atoms in total. The van der Waals surface area contributed by atoms with Crippen molar-refractivity contribution in [2.75, 3.05) is 18.0 Å². The molecule has 6 rings (SSSR count). The third-order valence-corrected chi connectivity index (χ3v) is 8.02. The largest absolute Gasteiger partial charge is 0.345 e. The van der Waals surface area contributed by atoms with Crippen molar-refractivity contribution in [3.05, 3.63) is 80.7 Å². The van der Waals surface area contributed by atoms with E-state index in [1.807, 2.05) is 42.0 Å². The molecule has 3 aromatic heterocycles. The van der Waals surface area contributed by atoms with E-state index >= 15 is 0 Å². The summed E-state index contributed by atoms with van der Waals surface area (Å²) in [5.41, 5.74) is 12.6. The molecule has 0 bridgehead atoms. The van der Waals surface area contributed by atoms with Crippen LogP contribution in [0.2, 0.25) is 0 Å². The third kappa shape index (κ3) is 2.87. The molecule has 0 amide bonds. The molecule has 2 aliphatic rings. The summed E-state index contributed by atoms with van der Waals surface area (Å²) in [7, 11) is 0. The fraction of sp³-hybridized carbons (Fsp3) is 0.292. The lowest BCUT2D eigenvalue weighted by molar-refractivity contribution is 0.185. The zero-order valence-electron chi connectivity index (χ0n) is 17.6. The van der Waals surface area contributed by atoms with Crippen molar-refractivity contribution in [3.8, 4) is 0 Å². The number of H-pyrrole nitrogens is 2. The van der Waals surface area contributed by atoms with Crippen LogP contribution < -0.4 is 16.2 Å². The van der Waals surface area contributed by atoms with Crippen LogP contribution in [-0.2, 0) is 6.42 Å². The van der Waals surface area contributed by atoms with Crippen molar-refractivity contribution in [2.45, 2.75) is 25.3 Å². The van der Waals surface area contributed by atoms with Gasteiger partial charge in [0.1, 0.15) is 5.65 Å². The van der Waals surface area contributed by atoms with Gasteiger partial charge < -0.3 is 15.6 Å². The number of benzene rings is 1. The first-order valence-electron chi connectivity index (χ1n) is 10.8. The Bertz CT molecular complexity index is 1380. The smallest absolute Gasteiger partial charge is 0.262 e. The number of nitrogens with two attached hydrogens (primary N) is 1. The molecule has 1 aromatic carbocycles. The number of aromatic amines is 2. The van der Waals surface area contributed by atoms with Gasteiger partial charge in [-0.15, -0.1) is 11.3 Å². The maximum atomic E-state index is 13.1. The molecular formula is C24H24N6OS. The van der Waals surface area contributed by atoms with Crippen LogP contribution in [0.4, 0.5) is 5.95 Å². The van der Waals surface area contributed by atoms with E-state index in [2.05, 4.69) is 26.4 Å². The molecule has 4 N–H and O–H groups in total. The van der Waals surface area contributed by atoms with Crippen LogP contribution in [0.5, 0.6) is 0 Å². The topological polar surface area (TPSA) is 104 Å². The van der Waals surface area contributed by atoms with Gasteiger partial charge in [-0.3, -0.25) is 9.78 Å². The van der Waals surface area contributed by atoms with Gasteiger partial charge in [0.2, 0.25) is 5.95 Å². The standard InChI is InChI=1S/C24H24N6OS/c1-14(15-5-3-2-4-6-15)16-12-26-21-18(16)22(31)29-23(28-21)30-9-7-24(8-10-30)11-17-19(20(24)25)27-13-32-17/h2-6,12-13,20H,1,7-11,25H2,(H2,26,28,29,31)/t20-/m1/s1. The number of hydrogen-bond donors (Lipinski definition) is 3. The fourth-order valence-electron chi connectivity index (χ4n) is 5.25.